The summed E-state index contributed by atoms with van der Waals surface area (Å²) in [6.07, 6.45) is 0.709. The Kier molecular flexibility index (Phi) is 6.45. The predicted molar refractivity (Wildman–Crippen MR) is 78.8 cm³/mol. The van der Waals surface area contributed by atoms with E-state index in [4.69, 9.17) is 9.84 Å². The zero-order valence-corrected chi connectivity index (χ0v) is 12.2. The topological polar surface area (TPSA) is 102 Å². The molecule has 0 aliphatic rings. The highest BCUT2D eigenvalue weighted by molar-refractivity contribution is 5.66. The largest absolute Gasteiger partial charge is 0.487 e. The molecule has 1 unspecified atom stereocenters. The van der Waals surface area contributed by atoms with Crippen LogP contribution in [0.3, 0.4) is 0 Å². The minimum atomic E-state index is -0.809. The van der Waals surface area contributed by atoms with Crippen LogP contribution in [0.25, 0.3) is 0 Å². The lowest BCUT2D eigenvalue weighted by Gasteiger charge is -2.13. The Morgan fingerprint density at radius 3 is 2.81 bits per heavy atom. The maximum absolute atomic E-state index is 10.9. The van der Waals surface area contributed by atoms with E-state index < -0.39 is 10.9 Å². The van der Waals surface area contributed by atoms with Gasteiger partial charge in [-0.1, -0.05) is 6.92 Å². The summed E-state index contributed by atoms with van der Waals surface area (Å²) in [5, 5.41) is 22.6. The third-order valence-electron chi connectivity index (χ3n) is 2.96. The Hall–Kier alpha value is -2.31. The van der Waals surface area contributed by atoms with Gasteiger partial charge in [0.1, 0.15) is 0 Å². The van der Waals surface area contributed by atoms with Crippen molar-refractivity contribution in [1.29, 1.82) is 0 Å². The van der Waals surface area contributed by atoms with Crippen LogP contribution in [0.2, 0.25) is 0 Å². The molecule has 7 nitrogen and oxygen atoms in total. The molecule has 0 heterocycles. The van der Waals surface area contributed by atoms with E-state index in [0.717, 1.165) is 0 Å². The van der Waals surface area contributed by atoms with Crippen molar-refractivity contribution in [2.75, 3.05) is 18.5 Å². The lowest BCUT2D eigenvalue weighted by molar-refractivity contribution is -0.385. The molecule has 0 bridgehead atoms. The fourth-order valence-corrected chi connectivity index (χ4v) is 1.81. The van der Waals surface area contributed by atoms with Gasteiger partial charge in [0.25, 0.3) is 0 Å². The van der Waals surface area contributed by atoms with Gasteiger partial charge in [-0.15, -0.1) is 0 Å². The molecule has 1 aromatic rings. The van der Waals surface area contributed by atoms with Crippen LogP contribution in [0.5, 0.6) is 5.75 Å². The molecule has 1 atom stereocenters. The summed E-state index contributed by atoms with van der Waals surface area (Å²) in [6.45, 7) is 4.65. The van der Waals surface area contributed by atoms with Crippen molar-refractivity contribution in [1.82, 2.24) is 0 Å². The highest BCUT2D eigenvalue weighted by Gasteiger charge is 2.15. The Morgan fingerprint density at radius 1 is 1.52 bits per heavy atom. The van der Waals surface area contributed by atoms with Gasteiger partial charge in [0.2, 0.25) is 0 Å². The summed E-state index contributed by atoms with van der Waals surface area (Å²) in [7, 11) is 0. The second-order valence-electron chi connectivity index (χ2n) is 4.79. The molecule has 0 aromatic heterocycles. The van der Waals surface area contributed by atoms with Gasteiger partial charge in [-0.05, 0) is 25.3 Å². The molecule has 2 N–H and O–H groups in total. The molecule has 0 saturated carbocycles. The van der Waals surface area contributed by atoms with Gasteiger partial charge in [0, 0.05) is 30.8 Å². The molecule has 0 aliphatic carbocycles. The quantitative estimate of drug-likeness (QED) is 0.536. The first kappa shape index (κ1) is 16.7. The fraction of sp³-hybridized carbons (Fsp3) is 0.500. The number of carbonyl (C=O) groups is 1. The number of benzene rings is 1. The molecule has 7 heteroatoms. The van der Waals surface area contributed by atoms with Crippen molar-refractivity contribution in [3.05, 3.63) is 28.3 Å². The van der Waals surface area contributed by atoms with E-state index in [-0.39, 0.29) is 23.8 Å². The summed E-state index contributed by atoms with van der Waals surface area (Å²) < 4.78 is 5.27. The van der Waals surface area contributed by atoms with Crippen molar-refractivity contribution >= 4 is 17.3 Å². The predicted octanol–water partition coefficient (Wildman–Crippen LogP) is 2.91. The van der Waals surface area contributed by atoms with Crippen LogP contribution in [-0.4, -0.2) is 29.2 Å². The van der Waals surface area contributed by atoms with Crippen molar-refractivity contribution < 1.29 is 19.6 Å². The smallest absolute Gasteiger partial charge is 0.311 e. The van der Waals surface area contributed by atoms with Crippen molar-refractivity contribution in [2.24, 2.45) is 5.92 Å². The number of hydrogen-bond acceptors (Lipinski definition) is 5. The fourth-order valence-electron chi connectivity index (χ4n) is 1.81. The molecular formula is C14H20N2O5. The zero-order chi connectivity index (χ0) is 15.8. The SMILES string of the molecule is CCOc1cc(NCC(C)CCC(=O)O)ccc1[N+](=O)[O-]. The summed E-state index contributed by atoms with van der Waals surface area (Å²) in [4.78, 5) is 20.9. The molecule has 0 radical (unpaired) electrons. The number of aliphatic carboxylic acids is 1. The summed E-state index contributed by atoms with van der Waals surface area (Å²) in [5.41, 5.74) is 0.646. The van der Waals surface area contributed by atoms with E-state index in [1.165, 1.54) is 6.07 Å². The number of ether oxygens (including phenoxy) is 1. The molecule has 0 aliphatic heterocycles. The van der Waals surface area contributed by atoms with Crippen molar-refractivity contribution in [3.8, 4) is 5.75 Å². The van der Waals surface area contributed by atoms with E-state index in [1.54, 1.807) is 19.1 Å². The van der Waals surface area contributed by atoms with Gasteiger partial charge < -0.3 is 15.2 Å². The lowest BCUT2D eigenvalue weighted by atomic mass is 10.1. The number of nitro benzene ring substituents is 1. The van der Waals surface area contributed by atoms with Crippen LogP contribution in [0, 0.1) is 16.0 Å². The molecule has 0 fully saturated rings. The molecule has 0 spiro atoms. The molecule has 0 amide bonds. The van der Waals surface area contributed by atoms with Crippen LogP contribution in [0.1, 0.15) is 26.7 Å². The number of carboxylic acid groups (broad SMARTS) is 1. The minimum absolute atomic E-state index is 0.0682. The summed E-state index contributed by atoms with van der Waals surface area (Å²) >= 11 is 0. The second kappa shape index (κ2) is 8.08. The third kappa shape index (κ3) is 5.68. The average Bonchev–Trinajstić information content (AvgIpc) is 2.43. The lowest BCUT2D eigenvalue weighted by Crippen LogP contribution is -2.13. The van der Waals surface area contributed by atoms with Crippen molar-refractivity contribution in [2.45, 2.75) is 26.7 Å². The van der Waals surface area contributed by atoms with Gasteiger partial charge >= 0.3 is 11.7 Å². The van der Waals surface area contributed by atoms with Crippen LogP contribution in [-0.2, 0) is 4.79 Å². The molecule has 0 saturated heterocycles. The number of nitro groups is 1. The van der Waals surface area contributed by atoms with Gasteiger partial charge in [0.15, 0.2) is 5.75 Å². The van der Waals surface area contributed by atoms with Gasteiger partial charge in [0.05, 0.1) is 11.5 Å². The first-order valence-corrected chi connectivity index (χ1v) is 6.81. The number of nitrogens with one attached hydrogen (secondary N) is 1. The Labute approximate surface area is 123 Å². The second-order valence-corrected chi connectivity index (χ2v) is 4.79. The standard InChI is InChI=1S/C14H20N2O5/c1-3-21-13-8-11(5-6-12(13)16(19)20)15-9-10(2)4-7-14(17)18/h5-6,8,10,15H,3-4,7,9H2,1-2H3,(H,17,18). The third-order valence-corrected chi connectivity index (χ3v) is 2.96. The molecule has 1 rings (SSSR count). The maximum Gasteiger partial charge on any atom is 0.311 e. The van der Waals surface area contributed by atoms with E-state index in [9.17, 15) is 14.9 Å². The monoisotopic (exact) mass is 296 g/mol. The number of rotatable bonds is 9. The van der Waals surface area contributed by atoms with Crippen LogP contribution in [0.4, 0.5) is 11.4 Å². The Balaban J connectivity index is 2.65. The van der Waals surface area contributed by atoms with E-state index in [1.807, 2.05) is 6.92 Å². The number of anilines is 1. The molecule has 1 aromatic carbocycles. The molecule has 116 valence electrons. The highest BCUT2D eigenvalue weighted by Crippen LogP contribution is 2.30. The summed E-state index contributed by atoms with van der Waals surface area (Å²) in [5.74, 6) is -0.395. The first-order valence-electron chi connectivity index (χ1n) is 6.81. The van der Waals surface area contributed by atoms with Crippen molar-refractivity contribution in [3.63, 3.8) is 0 Å². The molecular weight excluding hydrogens is 276 g/mol. The van der Waals surface area contributed by atoms with E-state index in [2.05, 4.69) is 5.32 Å². The normalized spacial score (nSPS) is 11.7. The highest BCUT2D eigenvalue weighted by atomic mass is 16.6. The number of hydrogen-bond donors (Lipinski definition) is 2. The van der Waals surface area contributed by atoms with Gasteiger partial charge in [-0.3, -0.25) is 14.9 Å². The average molecular weight is 296 g/mol. The van der Waals surface area contributed by atoms with Crippen LogP contribution >= 0.6 is 0 Å². The van der Waals surface area contributed by atoms with Gasteiger partial charge in [-0.25, -0.2) is 0 Å². The molecule has 21 heavy (non-hydrogen) atoms. The maximum atomic E-state index is 10.9. The summed E-state index contributed by atoms with van der Waals surface area (Å²) in [6, 6.07) is 4.60. The number of nitrogens with zero attached hydrogens (tertiary/aromatic N) is 1. The Bertz CT molecular complexity index is 504. The Morgan fingerprint density at radius 2 is 2.24 bits per heavy atom. The van der Waals surface area contributed by atoms with E-state index >= 15 is 0 Å². The zero-order valence-electron chi connectivity index (χ0n) is 12.2. The van der Waals surface area contributed by atoms with Crippen LogP contribution < -0.4 is 10.1 Å². The van der Waals surface area contributed by atoms with E-state index in [0.29, 0.717) is 25.3 Å². The minimum Gasteiger partial charge on any atom is -0.487 e. The van der Waals surface area contributed by atoms with Crippen LogP contribution in [0.15, 0.2) is 18.2 Å². The number of carboxylic acids is 1. The van der Waals surface area contributed by atoms with Gasteiger partial charge in [-0.2, -0.15) is 0 Å². The first-order chi connectivity index (χ1) is 9.93.